The molecule has 0 aromatic heterocycles. The number of methoxy groups -OCH3 is 1. The third-order valence-corrected chi connectivity index (χ3v) is 1.61. The maximum Gasteiger partial charge on any atom is 0.320 e. The molecule has 0 aliphatic rings. The average Bonchev–Trinajstić information content (AvgIpc) is 2.02. The van der Waals surface area contributed by atoms with Crippen LogP contribution >= 0.6 is 0 Å². The molecule has 0 fully saturated rings. The number of hydrogen-bond acceptors (Lipinski definition) is 4. The van der Waals surface area contributed by atoms with E-state index in [0.29, 0.717) is 0 Å². The number of ether oxygens (including phenoxy) is 1. The number of carboxylic acids is 1. The Morgan fingerprint density at radius 2 is 2.08 bits per heavy atom. The molecule has 12 heavy (non-hydrogen) atoms. The van der Waals surface area contributed by atoms with Crippen molar-refractivity contribution in [2.75, 3.05) is 7.11 Å². The Morgan fingerprint density at radius 1 is 1.58 bits per heavy atom. The lowest BCUT2D eigenvalue weighted by atomic mass is 9.99. The van der Waals surface area contributed by atoms with Crippen LogP contribution in [0.5, 0.6) is 0 Å². The molecule has 0 amide bonds. The van der Waals surface area contributed by atoms with Gasteiger partial charge in [0.25, 0.3) is 0 Å². The van der Waals surface area contributed by atoms with Crippen molar-refractivity contribution in [3.63, 3.8) is 0 Å². The highest BCUT2D eigenvalue weighted by atomic mass is 16.5. The Morgan fingerprint density at radius 3 is 2.42 bits per heavy atom. The predicted octanol–water partition coefficient (Wildman–Crippen LogP) is -0.402. The number of hydrogen-bond donors (Lipinski definition) is 2. The van der Waals surface area contributed by atoms with Gasteiger partial charge in [0.15, 0.2) is 0 Å². The van der Waals surface area contributed by atoms with Crippen LogP contribution in [0.2, 0.25) is 0 Å². The normalized spacial score (nSPS) is 14.9. The van der Waals surface area contributed by atoms with Gasteiger partial charge in [0.1, 0.15) is 6.04 Å². The number of carbonyl (C=O) groups is 2. The molecule has 5 nitrogen and oxygen atoms in total. The molecular weight excluding hydrogens is 162 g/mol. The first-order valence-corrected chi connectivity index (χ1v) is 3.54. The van der Waals surface area contributed by atoms with Crippen molar-refractivity contribution in [3.8, 4) is 0 Å². The van der Waals surface area contributed by atoms with E-state index >= 15 is 0 Å². The molecule has 0 rings (SSSR count). The van der Waals surface area contributed by atoms with Crippen molar-refractivity contribution in [1.29, 1.82) is 0 Å². The van der Waals surface area contributed by atoms with Gasteiger partial charge < -0.3 is 15.6 Å². The van der Waals surface area contributed by atoms with Gasteiger partial charge in [-0.1, -0.05) is 6.92 Å². The first kappa shape index (κ1) is 10.9. The maximum absolute atomic E-state index is 10.7. The lowest BCUT2D eigenvalue weighted by molar-refractivity contribution is -0.143. The van der Waals surface area contributed by atoms with E-state index in [2.05, 4.69) is 4.74 Å². The molecule has 0 aliphatic heterocycles. The average molecular weight is 175 g/mol. The van der Waals surface area contributed by atoms with E-state index < -0.39 is 23.9 Å². The maximum atomic E-state index is 10.7. The molecule has 0 aromatic rings. The molecule has 0 radical (unpaired) electrons. The zero-order valence-electron chi connectivity index (χ0n) is 7.11. The van der Waals surface area contributed by atoms with Gasteiger partial charge in [-0.25, -0.2) is 0 Å². The van der Waals surface area contributed by atoms with E-state index in [9.17, 15) is 9.59 Å². The SMILES string of the molecule is COC(=O)C[C@H](C)[C@H](N)C(=O)O. The Balaban J connectivity index is 3.94. The fourth-order valence-corrected chi connectivity index (χ4v) is 0.717. The second kappa shape index (κ2) is 4.71. The van der Waals surface area contributed by atoms with Crippen LogP contribution in [0.3, 0.4) is 0 Å². The topological polar surface area (TPSA) is 89.6 Å². The second-order valence-electron chi connectivity index (χ2n) is 2.62. The van der Waals surface area contributed by atoms with Crippen molar-refractivity contribution in [3.05, 3.63) is 0 Å². The molecule has 0 spiro atoms. The van der Waals surface area contributed by atoms with Crippen molar-refractivity contribution >= 4 is 11.9 Å². The van der Waals surface area contributed by atoms with Crippen molar-refractivity contribution in [2.24, 2.45) is 11.7 Å². The van der Waals surface area contributed by atoms with Crippen molar-refractivity contribution < 1.29 is 19.4 Å². The first-order chi connectivity index (χ1) is 5.49. The van der Waals surface area contributed by atoms with Crippen LogP contribution in [0.25, 0.3) is 0 Å². The van der Waals surface area contributed by atoms with Crippen molar-refractivity contribution in [2.45, 2.75) is 19.4 Å². The molecule has 0 aromatic carbocycles. The summed E-state index contributed by atoms with van der Waals surface area (Å²) in [5.41, 5.74) is 5.26. The molecular formula is C7H13NO4. The quantitative estimate of drug-likeness (QED) is 0.567. The van der Waals surface area contributed by atoms with E-state index in [-0.39, 0.29) is 6.42 Å². The van der Waals surface area contributed by atoms with E-state index in [1.54, 1.807) is 6.92 Å². The summed E-state index contributed by atoms with van der Waals surface area (Å²) in [6.45, 7) is 1.59. The predicted molar refractivity (Wildman–Crippen MR) is 41.4 cm³/mol. The number of aliphatic carboxylic acids is 1. The number of nitrogens with two attached hydrogens (primary N) is 1. The third kappa shape index (κ3) is 3.34. The molecule has 0 bridgehead atoms. The van der Waals surface area contributed by atoms with E-state index in [0.717, 1.165) is 0 Å². The molecule has 5 heteroatoms. The molecule has 2 atom stereocenters. The second-order valence-corrected chi connectivity index (χ2v) is 2.62. The summed E-state index contributed by atoms with van der Waals surface area (Å²) in [4.78, 5) is 21.0. The molecule has 3 N–H and O–H groups in total. The van der Waals surface area contributed by atoms with Crippen LogP contribution in [0.15, 0.2) is 0 Å². The van der Waals surface area contributed by atoms with Gasteiger partial charge in [-0.15, -0.1) is 0 Å². The summed E-state index contributed by atoms with van der Waals surface area (Å²) >= 11 is 0. The lowest BCUT2D eigenvalue weighted by Gasteiger charge is -2.13. The van der Waals surface area contributed by atoms with E-state index in [1.807, 2.05) is 0 Å². The van der Waals surface area contributed by atoms with Crippen LogP contribution in [0.1, 0.15) is 13.3 Å². The molecule has 0 saturated heterocycles. The fraction of sp³-hybridized carbons (Fsp3) is 0.714. The monoisotopic (exact) mass is 175 g/mol. The molecule has 0 aliphatic carbocycles. The number of carbonyl (C=O) groups excluding carboxylic acids is 1. The van der Waals surface area contributed by atoms with Gasteiger partial charge >= 0.3 is 11.9 Å². The number of esters is 1. The summed E-state index contributed by atoms with van der Waals surface area (Å²) in [5.74, 6) is -1.96. The smallest absolute Gasteiger partial charge is 0.320 e. The third-order valence-electron chi connectivity index (χ3n) is 1.61. The summed E-state index contributed by atoms with van der Waals surface area (Å²) in [6, 6.07) is -1.01. The van der Waals surface area contributed by atoms with Crippen LogP contribution in [0, 0.1) is 5.92 Å². The molecule has 0 unspecified atom stereocenters. The molecule has 70 valence electrons. The minimum Gasteiger partial charge on any atom is -0.480 e. The highest BCUT2D eigenvalue weighted by Gasteiger charge is 2.22. The Bertz CT molecular complexity index is 180. The number of rotatable bonds is 4. The number of carboxylic acid groups (broad SMARTS) is 1. The minimum atomic E-state index is -1.11. The summed E-state index contributed by atoms with van der Waals surface area (Å²) < 4.78 is 4.36. The van der Waals surface area contributed by atoms with Crippen LogP contribution in [0.4, 0.5) is 0 Å². The molecule has 0 saturated carbocycles. The van der Waals surface area contributed by atoms with E-state index in [4.69, 9.17) is 10.8 Å². The van der Waals surface area contributed by atoms with Gasteiger partial charge in [0.2, 0.25) is 0 Å². The zero-order chi connectivity index (χ0) is 9.72. The zero-order valence-corrected chi connectivity index (χ0v) is 7.11. The standard InChI is InChI=1S/C7H13NO4/c1-4(3-5(9)12-2)6(8)7(10)11/h4,6H,3,8H2,1-2H3,(H,10,11)/t4-,6-/m0/s1. The van der Waals surface area contributed by atoms with Gasteiger partial charge in [0.05, 0.1) is 13.5 Å². The van der Waals surface area contributed by atoms with Crippen molar-refractivity contribution in [1.82, 2.24) is 0 Å². The minimum absolute atomic E-state index is 0.0317. The largest absolute Gasteiger partial charge is 0.480 e. The Labute approximate surface area is 70.5 Å². The van der Waals surface area contributed by atoms with Crippen LogP contribution in [-0.4, -0.2) is 30.2 Å². The fourth-order valence-electron chi connectivity index (χ4n) is 0.717. The highest BCUT2D eigenvalue weighted by Crippen LogP contribution is 2.07. The lowest BCUT2D eigenvalue weighted by Crippen LogP contribution is -2.37. The van der Waals surface area contributed by atoms with Gasteiger partial charge in [-0.2, -0.15) is 0 Å². The van der Waals surface area contributed by atoms with Gasteiger partial charge in [-0.05, 0) is 5.92 Å². The summed E-state index contributed by atoms with van der Waals surface area (Å²) in [5, 5.41) is 8.46. The Hall–Kier alpha value is -1.10. The van der Waals surface area contributed by atoms with Crippen LogP contribution in [-0.2, 0) is 14.3 Å². The summed E-state index contributed by atoms with van der Waals surface area (Å²) in [6.07, 6.45) is 0.0317. The van der Waals surface area contributed by atoms with E-state index in [1.165, 1.54) is 7.11 Å². The van der Waals surface area contributed by atoms with Crippen LogP contribution < -0.4 is 5.73 Å². The summed E-state index contributed by atoms with van der Waals surface area (Å²) in [7, 11) is 1.25. The Kier molecular flexibility index (Phi) is 4.28. The van der Waals surface area contributed by atoms with Gasteiger partial charge in [-0.3, -0.25) is 9.59 Å². The highest BCUT2D eigenvalue weighted by molar-refractivity contribution is 5.75. The first-order valence-electron chi connectivity index (χ1n) is 3.54. The molecule has 0 heterocycles. The van der Waals surface area contributed by atoms with Gasteiger partial charge in [0, 0.05) is 0 Å².